The van der Waals surface area contributed by atoms with Crippen LogP contribution in [-0.2, 0) is 9.84 Å². The normalized spacial score (nSPS) is 11.9. The summed E-state index contributed by atoms with van der Waals surface area (Å²) in [6.45, 7) is 5.31. The van der Waals surface area contributed by atoms with E-state index in [2.05, 4.69) is 15.6 Å². The van der Waals surface area contributed by atoms with E-state index in [0.29, 0.717) is 19.1 Å². The van der Waals surface area contributed by atoms with Crippen molar-refractivity contribution in [1.82, 2.24) is 5.32 Å². The quantitative estimate of drug-likeness (QED) is 0.321. The van der Waals surface area contributed by atoms with Gasteiger partial charge in [0.15, 0.2) is 5.96 Å². The lowest BCUT2D eigenvalue weighted by Gasteiger charge is -2.14. The number of benzene rings is 2. The summed E-state index contributed by atoms with van der Waals surface area (Å²) in [4.78, 5) is 4.53. The van der Waals surface area contributed by atoms with Gasteiger partial charge in [-0.2, -0.15) is 0 Å². The standard InChI is InChI=1S/C22H31N3O4S/c1-18(2)29-21-12-10-19(11-13-21)25-22(24-15-17-30(3,26)27)23-14-7-16-28-20-8-5-4-6-9-20/h4-6,8-13,18H,7,14-17H2,1-3H3,(H2,23,24,25). The van der Waals surface area contributed by atoms with Crippen LogP contribution in [0.25, 0.3) is 0 Å². The highest BCUT2D eigenvalue weighted by molar-refractivity contribution is 7.90. The molecule has 0 atom stereocenters. The number of nitrogens with zero attached hydrogens (tertiary/aromatic N) is 1. The van der Waals surface area contributed by atoms with Crippen molar-refractivity contribution in [3.8, 4) is 11.5 Å². The van der Waals surface area contributed by atoms with Crippen LogP contribution in [0.4, 0.5) is 5.69 Å². The second kappa shape index (κ2) is 12.1. The zero-order chi connectivity index (χ0) is 21.8. The zero-order valence-electron chi connectivity index (χ0n) is 17.8. The summed E-state index contributed by atoms with van der Waals surface area (Å²) in [5, 5.41) is 6.27. The van der Waals surface area contributed by atoms with E-state index in [1.54, 1.807) is 0 Å². The third kappa shape index (κ3) is 10.2. The topological polar surface area (TPSA) is 89.0 Å². The summed E-state index contributed by atoms with van der Waals surface area (Å²) < 4.78 is 34.1. The van der Waals surface area contributed by atoms with Crippen molar-refractivity contribution < 1.29 is 17.9 Å². The molecule has 0 aromatic heterocycles. The molecule has 2 rings (SSSR count). The Kier molecular flexibility index (Phi) is 9.47. The van der Waals surface area contributed by atoms with Gasteiger partial charge >= 0.3 is 0 Å². The summed E-state index contributed by atoms with van der Waals surface area (Å²) in [6.07, 6.45) is 2.05. The number of sulfone groups is 1. The molecule has 2 N–H and O–H groups in total. The Hall–Kier alpha value is -2.74. The lowest BCUT2D eigenvalue weighted by molar-refractivity contribution is 0.242. The van der Waals surface area contributed by atoms with Gasteiger partial charge in [0.05, 0.1) is 18.5 Å². The van der Waals surface area contributed by atoms with Gasteiger partial charge in [-0.3, -0.25) is 4.99 Å². The van der Waals surface area contributed by atoms with Gasteiger partial charge in [0.1, 0.15) is 21.3 Å². The predicted octanol–water partition coefficient (Wildman–Crippen LogP) is 3.35. The Morgan fingerprint density at radius 1 is 1.03 bits per heavy atom. The highest BCUT2D eigenvalue weighted by Gasteiger charge is 2.05. The minimum absolute atomic E-state index is 0.0337. The van der Waals surface area contributed by atoms with Crippen LogP contribution in [0.3, 0.4) is 0 Å². The molecule has 7 nitrogen and oxygen atoms in total. The lowest BCUT2D eigenvalue weighted by Crippen LogP contribution is -2.34. The van der Waals surface area contributed by atoms with Crippen molar-refractivity contribution in [2.24, 2.45) is 4.99 Å². The second-order valence-electron chi connectivity index (χ2n) is 7.12. The van der Waals surface area contributed by atoms with Crippen LogP contribution in [0.5, 0.6) is 11.5 Å². The minimum atomic E-state index is -3.05. The maximum absolute atomic E-state index is 11.4. The maximum atomic E-state index is 11.4. The van der Waals surface area contributed by atoms with Crippen molar-refractivity contribution in [3.05, 3.63) is 54.6 Å². The number of rotatable bonds is 11. The highest BCUT2D eigenvalue weighted by atomic mass is 32.2. The summed E-state index contributed by atoms with van der Waals surface area (Å²) in [5.74, 6) is 2.18. The number of para-hydroxylation sites is 1. The fourth-order valence-corrected chi connectivity index (χ4v) is 2.96. The van der Waals surface area contributed by atoms with Gasteiger partial charge in [0.2, 0.25) is 0 Å². The van der Waals surface area contributed by atoms with Crippen molar-refractivity contribution in [1.29, 1.82) is 0 Å². The van der Waals surface area contributed by atoms with E-state index in [0.717, 1.165) is 23.6 Å². The van der Waals surface area contributed by atoms with Gasteiger partial charge in [0.25, 0.3) is 0 Å². The fourth-order valence-electron chi connectivity index (χ4n) is 2.48. The molecule has 0 radical (unpaired) electrons. The van der Waals surface area contributed by atoms with E-state index >= 15 is 0 Å². The Balaban J connectivity index is 1.90. The molecule has 0 saturated heterocycles. The van der Waals surface area contributed by atoms with Crippen molar-refractivity contribution >= 4 is 21.5 Å². The molecule has 0 unspecified atom stereocenters. The number of nitrogens with one attached hydrogen (secondary N) is 2. The third-order valence-corrected chi connectivity index (χ3v) is 4.78. The summed E-state index contributed by atoms with van der Waals surface area (Å²) >= 11 is 0. The number of guanidine groups is 1. The molecule has 8 heteroatoms. The molecule has 0 spiro atoms. The molecule has 0 fully saturated rings. The smallest absolute Gasteiger partial charge is 0.195 e. The van der Waals surface area contributed by atoms with Crippen LogP contribution >= 0.6 is 0 Å². The van der Waals surface area contributed by atoms with E-state index in [4.69, 9.17) is 9.47 Å². The number of hydrogen-bond donors (Lipinski definition) is 2. The molecular formula is C22H31N3O4S. The molecule has 0 aliphatic heterocycles. The van der Waals surface area contributed by atoms with E-state index in [-0.39, 0.29) is 18.4 Å². The van der Waals surface area contributed by atoms with Crippen LogP contribution in [0.2, 0.25) is 0 Å². The Bertz CT molecular complexity index is 882. The van der Waals surface area contributed by atoms with Crippen molar-refractivity contribution in [2.75, 3.05) is 37.0 Å². The molecular weight excluding hydrogens is 402 g/mol. The molecule has 0 amide bonds. The minimum Gasteiger partial charge on any atom is -0.494 e. The Morgan fingerprint density at radius 3 is 2.37 bits per heavy atom. The number of aliphatic imine (C=N–C) groups is 1. The molecule has 30 heavy (non-hydrogen) atoms. The first-order valence-electron chi connectivity index (χ1n) is 9.99. The van der Waals surface area contributed by atoms with E-state index in [1.807, 2.05) is 68.4 Å². The largest absolute Gasteiger partial charge is 0.494 e. The van der Waals surface area contributed by atoms with Gasteiger partial charge in [0, 0.05) is 31.5 Å². The van der Waals surface area contributed by atoms with Crippen molar-refractivity contribution in [2.45, 2.75) is 26.4 Å². The van der Waals surface area contributed by atoms with Crippen LogP contribution < -0.4 is 20.1 Å². The molecule has 0 bridgehead atoms. The average molecular weight is 434 g/mol. The molecule has 0 saturated carbocycles. The van der Waals surface area contributed by atoms with Crippen LogP contribution in [0.1, 0.15) is 20.3 Å². The second-order valence-corrected chi connectivity index (χ2v) is 9.38. The molecule has 0 heterocycles. The first kappa shape index (κ1) is 23.5. The average Bonchev–Trinajstić information content (AvgIpc) is 2.68. The van der Waals surface area contributed by atoms with Crippen LogP contribution in [-0.4, -0.2) is 52.2 Å². The Labute approximate surface area is 179 Å². The summed E-state index contributed by atoms with van der Waals surface area (Å²) in [6, 6.07) is 17.2. The summed E-state index contributed by atoms with van der Waals surface area (Å²) in [5.41, 5.74) is 0.831. The number of hydrogen-bond acceptors (Lipinski definition) is 5. The van der Waals surface area contributed by atoms with E-state index < -0.39 is 9.84 Å². The van der Waals surface area contributed by atoms with E-state index in [9.17, 15) is 8.42 Å². The fraction of sp³-hybridized carbons (Fsp3) is 0.409. The maximum Gasteiger partial charge on any atom is 0.195 e. The van der Waals surface area contributed by atoms with Crippen LogP contribution in [0, 0.1) is 0 Å². The first-order valence-corrected chi connectivity index (χ1v) is 12.1. The van der Waals surface area contributed by atoms with Crippen molar-refractivity contribution in [3.63, 3.8) is 0 Å². The SMILES string of the molecule is CC(C)Oc1ccc(NC(=NCCCOc2ccccc2)NCCS(C)(=O)=O)cc1. The molecule has 2 aromatic carbocycles. The van der Waals surface area contributed by atoms with Crippen LogP contribution in [0.15, 0.2) is 59.6 Å². The Morgan fingerprint density at radius 2 is 1.73 bits per heavy atom. The monoisotopic (exact) mass is 433 g/mol. The molecule has 0 aliphatic rings. The first-order chi connectivity index (χ1) is 14.3. The zero-order valence-corrected chi connectivity index (χ0v) is 18.6. The highest BCUT2D eigenvalue weighted by Crippen LogP contribution is 2.16. The van der Waals surface area contributed by atoms with E-state index in [1.165, 1.54) is 6.26 Å². The third-order valence-electron chi connectivity index (χ3n) is 3.84. The molecule has 0 aliphatic carbocycles. The van der Waals surface area contributed by atoms with Gasteiger partial charge in [-0.25, -0.2) is 8.42 Å². The van der Waals surface area contributed by atoms with Gasteiger partial charge in [-0.1, -0.05) is 18.2 Å². The number of anilines is 1. The predicted molar refractivity (Wildman–Crippen MR) is 122 cm³/mol. The summed E-state index contributed by atoms with van der Waals surface area (Å²) in [7, 11) is -3.05. The van der Waals surface area contributed by atoms with Gasteiger partial charge < -0.3 is 20.1 Å². The van der Waals surface area contributed by atoms with Gasteiger partial charge in [-0.15, -0.1) is 0 Å². The number of ether oxygens (including phenoxy) is 2. The lowest BCUT2D eigenvalue weighted by atomic mass is 10.3. The van der Waals surface area contributed by atoms with Gasteiger partial charge in [-0.05, 0) is 50.2 Å². The molecule has 2 aromatic rings. The molecule has 164 valence electrons.